The van der Waals surface area contributed by atoms with Crippen LogP contribution >= 0.6 is 0 Å². The molecule has 0 radical (unpaired) electrons. The van der Waals surface area contributed by atoms with E-state index >= 15 is 4.79 Å². The summed E-state index contributed by atoms with van der Waals surface area (Å²) in [5.74, 6) is 1.51. The molecule has 6 nitrogen and oxygen atoms in total. The summed E-state index contributed by atoms with van der Waals surface area (Å²) in [5, 5.41) is 0. The maximum atomic E-state index is 15.2. The van der Waals surface area contributed by atoms with Crippen molar-refractivity contribution in [1.82, 2.24) is 4.90 Å². The fraction of sp³-hybridized carbons (Fsp3) is 0.306. The van der Waals surface area contributed by atoms with E-state index in [1.807, 2.05) is 71.6 Å². The van der Waals surface area contributed by atoms with Gasteiger partial charge in [0, 0.05) is 36.8 Å². The highest BCUT2D eigenvalue weighted by Crippen LogP contribution is 2.58. The fourth-order valence-electron chi connectivity index (χ4n) is 6.94. The second-order valence-electron chi connectivity index (χ2n) is 12.0. The zero-order valence-corrected chi connectivity index (χ0v) is 24.2. The van der Waals surface area contributed by atoms with Crippen LogP contribution in [0.2, 0.25) is 0 Å². The van der Waals surface area contributed by atoms with Gasteiger partial charge in [0.25, 0.3) is 0 Å². The predicted molar refractivity (Wildman–Crippen MR) is 163 cm³/mol. The average molecular weight is 561 g/mol. The Morgan fingerprint density at radius 1 is 0.857 bits per heavy atom. The Kier molecular flexibility index (Phi) is 6.76. The lowest BCUT2D eigenvalue weighted by atomic mass is 9.67. The number of carbonyl (C=O) groups excluding carboxylic acids is 1. The molecule has 1 amide bonds. The van der Waals surface area contributed by atoms with E-state index in [9.17, 15) is 0 Å². The molecule has 0 N–H and O–H groups in total. The lowest BCUT2D eigenvalue weighted by Crippen LogP contribution is -2.51. The van der Waals surface area contributed by atoms with E-state index in [2.05, 4.69) is 55.1 Å². The molecule has 4 aromatic carbocycles. The molecule has 214 valence electrons. The summed E-state index contributed by atoms with van der Waals surface area (Å²) in [6.07, 6.45) is 0.533. The number of carbonyl (C=O) groups is 1. The van der Waals surface area contributed by atoms with Crippen molar-refractivity contribution < 1.29 is 19.0 Å². The van der Waals surface area contributed by atoms with Crippen LogP contribution in [0.3, 0.4) is 0 Å². The van der Waals surface area contributed by atoms with Gasteiger partial charge >= 0.3 is 0 Å². The van der Waals surface area contributed by atoms with E-state index in [0.717, 1.165) is 53.4 Å². The monoisotopic (exact) mass is 560 g/mol. The van der Waals surface area contributed by atoms with Gasteiger partial charge in [0.05, 0.1) is 19.4 Å². The van der Waals surface area contributed by atoms with Gasteiger partial charge in [0.15, 0.2) is 0 Å². The van der Waals surface area contributed by atoms with Crippen molar-refractivity contribution in [3.63, 3.8) is 0 Å². The molecule has 1 fully saturated rings. The molecule has 1 spiro atoms. The lowest BCUT2D eigenvalue weighted by molar-refractivity contribution is -0.124. The van der Waals surface area contributed by atoms with E-state index in [4.69, 9.17) is 14.2 Å². The largest absolute Gasteiger partial charge is 0.492 e. The van der Waals surface area contributed by atoms with Crippen LogP contribution in [-0.4, -0.2) is 49.4 Å². The molecule has 1 atom stereocenters. The molecule has 7 rings (SSSR count). The normalized spacial score (nSPS) is 20.9. The van der Waals surface area contributed by atoms with Crippen LogP contribution in [0.4, 0.5) is 5.69 Å². The van der Waals surface area contributed by atoms with Crippen molar-refractivity contribution in [2.24, 2.45) is 0 Å². The SMILES string of the molecule is CC1(C)CC2(C(=O)N(C(c3ccccc3)c3ccccc3)c3ccccc32)c2ccc(OCCN3CCOC3)cc2O1. The summed E-state index contributed by atoms with van der Waals surface area (Å²) in [7, 11) is 0. The molecule has 0 aliphatic carbocycles. The summed E-state index contributed by atoms with van der Waals surface area (Å²) < 4.78 is 18.2. The van der Waals surface area contributed by atoms with Crippen molar-refractivity contribution in [2.45, 2.75) is 37.3 Å². The molecule has 6 heteroatoms. The minimum atomic E-state index is -0.888. The predicted octanol–water partition coefficient (Wildman–Crippen LogP) is 6.34. The fourth-order valence-corrected chi connectivity index (χ4v) is 6.94. The molecule has 0 bridgehead atoms. The first kappa shape index (κ1) is 26.7. The van der Waals surface area contributed by atoms with Crippen LogP contribution in [0, 0.1) is 0 Å². The maximum absolute atomic E-state index is 15.2. The Morgan fingerprint density at radius 3 is 2.24 bits per heavy atom. The Labute approximate surface area is 247 Å². The number of rotatable bonds is 7. The Morgan fingerprint density at radius 2 is 1.55 bits per heavy atom. The number of benzene rings is 4. The van der Waals surface area contributed by atoms with Crippen molar-refractivity contribution >= 4 is 11.6 Å². The number of ether oxygens (including phenoxy) is 3. The standard InChI is InChI=1S/C36H36N2O4/c1-35(2)24-36(30-18-17-28(23-32(30)42-35)41-22-20-37-19-21-40-25-37)29-15-9-10-16-31(29)38(34(36)39)33(26-11-5-3-6-12-26)27-13-7-4-8-14-27/h3-18,23,33H,19-22,24-25H2,1-2H3. The van der Waals surface area contributed by atoms with Gasteiger partial charge in [-0.05, 0) is 42.7 Å². The number of fused-ring (bicyclic) bond motifs is 4. The third kappa shape index (κ3) is 4.55. The van der Waals surface area contributed by atoms with Gasteiger partial charge in [-0.25, -0.2) is 0 Å². The van der Waals surface area contributed by atoms with Crippen LogP contribution in [-0.2, 0) is 14.9 Å². The summed E-state index contributed by atoms with van der Waals surface area (Å²) in [6.45, 7) is 7.85. The van der Waals surface area contributed by atoms with Gasteiger partial charge in [0.1, 0.15) is 29.1 Å². The first-order valence-corrected chi connectivity index (χ1v) is 14.8. The highest BCUT2D eigenvalue weighted by molar-refractivity contribution is 6.12. The second kappa shape index (κ2) is 10.6. The van der Waals surface area contributed by atoms with Gasteiger partial charge in [-0.15, -0.1) is 0 Å². The Balaban J connectivity index is 1.32. The number of amides is 1. The van der Waals surface area contributed by atoms with Gasteiger partial charge in [-0.1, -0.05) is 84.9 Å². The van der Waals surface area contributed by atoms with E-state index in [0.29, 0.717) is 25.5 Å². The highest BCUT2D eigenvalue weighted by atomic mass is 16.5. The zero-order chi connectivity index (χ0) is 28.7. The molecule has 3 aliphatic rings. The minimum absolute atomic E-state index is 0.0710. The number of nitrogens with zero attached hydrogens (tertiary/aromatic N) is 2. The quantitative estimate of drug-likeness (QED) is 0.264. The van der Waals surface area contributed by atoms with Gasteiger partial charge < -0.3 is 14.2 Å². The van der Waals surface area contributed by atoms with Crippen molar-refractivity contribution in [2.75, 3.05) is 37.9 Å². The molecular formula is C36H36N2O4. The Hall–Kier alpha value is -4.13. The summed E-state index contributed by atoms with van der Waals surface area (Å²) in [6, 6.07) is 34.6. The van der Waals surface area contributed by atoms with Crippen molar-refractivity contribution in [3.05, 3.63) is 125 Å². The van der Waals surface area contributed by atoms with Crippen LogP contribution in [0.25, 0.3) is 0 Å². The van der Waals surface area contributed by atoms with Crippen molar-refractivity contribution in [1.29, 1.82) is 0 Å². The molecule has 3 heterocycles. The molecular weight excluding hydrogens is 524 g/mol. The second-order valence-corrected chi connectivity index (χ2v) is 12.0. The molecule has 0 saturated carbocycles. The third-order valence-corrected chi connectivity index (χ3v) is 8.69. The molecule has 0 aromatic heterocycles. The topological polar surface area (TPSA) is 51.2 Å². The third-order valence-electron chi connectivity index (χ3n) is 8.69. The van der Waals surface area contributed by atoms with E-state index in [1.54, 1.807) is 0 Å². The minimum Gasteiger partial charge on any atom is -0.492 e. The first-order valence-electron chi connectivity index (χ1n) is 14.8. The average Bonchev–Trinajstić information content (AvgIpc) is 3.60. The smallest absolute Gasteiger partial charge is 0.243 e. The maximum Gasteiger partial charge on any atom is 0.243 e. The van der Waals surface area contributed by atoms with E-state index < -0.39 is 11.0 Å². The van der Waals surface area contributed by atoms with Gasteiger partial charge in [-0.2, -0.15) is 0 Å². The summed E-state index contributed by atoms with van der Waals surface area (Å²) >= 11 is 0. The number of para-hydroxylation sites is 1. The van der Waals surface area contributed by atoms with Crippen molar-refractivity contribution in [3.8, 4) is 11.5 Å². The number of hydrogen-bond acceptors (Lipinski definition) is 5. The summed E-state index contributed by atoms with van der Waals surface area (Å²) in [5.41, 5.74) is 3.53. The molecule has 1 saturated heterocycles. The van der Waals surface area contributed by atoms with Gasteiger partial charge in [0.2, 0.25) is 5.91 Å². The highest BCUT2D eigenvalue weighted by Gasteiger charge is 2.59. The summed E-state index contributed by atoms with van der Waals surface area (Å²) in [4.78, 5) is 19.5. The van der Waals surface area contributed by atoms with Crippen LogP contribution < -0.4 is 14.4 Å². The van der Waals surface area contributed by atoms with E-state index in [-0.39, 0.29) is 11.9 Å². The number of hydrogen-bond donors (Lipinski definition) is 0. The van der Waals surface area contributed by atoms with Crippen LogP contribution in [0.5, 0.6) is 11.5 Å². The zero-order valence-electron chi connectivity index (χ0n) is 24.2. The molecule has 3 aliphatic heterocycles. The van der Waals surface area contributed by atoms with Crippen LogP contribution in [0.1, 0.15) is 48.6 Å². The Bertz CT molecular complexity index is 1540. The molecule has 1 unspecified atom stereocenters. The lowest BCUT2D eigenvalue weighted by Gasteiger charge is -2.44. The molecule has 42 heavy (non-hydrogen) atoms. The first-order chi connectivity index (χ1) is 20.5. The number of anilines is 1. The van der Waals surface area contributed by atoms with E-state index in [1.165, 1.54) is 0 Å². The van der Waals surface area contributed by atoms with Crippen LogP contribution in [0.15, 0.2) is 103 Å². The van der Waals surface area contributed by atoms with Gasteiger partial charge in [-0.3, -0.25) is 14.6 Å². The molecule has 4 aromatic rings.